The van der Waals surface area contributed by atoms with Crippen LogP contribution >= 0.6 is 10.7 Å². The van der Waals surface area contributed by atoms with Crippen molar-refractivity contribution >= 4 is 25.7 Å². The first-order valence-electron chi connectivity index (χ1n) is 2.77. The fourth-order valence-corrected chi connectivity index (χ4v) is 1.36. The van der Waals surface area contributed by atoms with Crippen LogP contribution < -0.4 is 0 Å². The molecule has 1 rings (SSSR count). The van der Waals surface area contributed by atoms with Crippen molar-refractivity contribution in [2.45, 2.75) is 4.90 Å². The van der Waals surface area contributed by atoms with E-state index >= 15 is 0 Å². The first-order valence-corrected chi connectivity index (χ1v) is 5.08. The minimum atomic E-state index is -3.84. The number of nitrogens with one attached hydrogen (secondary N) is 1. The number of aromatic carboxylic acids is 1. The molecule has 0 aliphatic carbocycles. The highest BCUT2D eigenvalue weighted by molar-refractivity contribution is 8.13. The molecule has 1 aromatic heterocycles. The molecule has 12 heavy (non-hydrogen) atoms. The molecule has 5 nitrogen and oxygen atoms in total. The lowest BCUT2D eigenvalue weighted by Gasteiger charge is -1.84. The second-order valence-electron chi connectivity index (χ2n) is 1.99. The molecule has 1 heterocycles. The van der Waals surface area contributed by atoms with E-state index in [9.17, 15) is 13.2 Å². The number of hydrogen-bond donors (Lipinski definition) is 2. The first kappa shape index (κ1) is 9.08. The maximum Gasteiger partial charge on any atom is 0.352 e. The minimum absolute atomic E-state index is 0.214. The van der Waals surface area contributed by atoms with E-state index in [1.807, 2.05) is 0 Å². The molecule has 0 saturated carbocycles. The van der Waals surface area contributed by atoms with Gasteiger partial charge in [-0.05, 0) is 6.07 Å². The zero-order chi connectivity index (χ0) is 9.35. The molecule has 0 spiro atoms. The van der Waals surface area contributed by atoms with Crippen molar-refractivity contribution in [2.24, 2.45) is 0 Å². The number of rotatable bonds is 2. The maximum atomic E-state index is 10.6. The summed E-state index contributed by atoms with van der Waals surface area (Å²) >= 11 is 0. The second-order valence-corrected chi connectivity index (χ2v) is 4.56. The predicted octanol–water partition coefficient (Wildman–Crippen LogP) is 0.640. The molecule has 0 aliphatic rings. The Hall–Kier alpha value is -1.01. The van der Waals surface area contributed by atoms with Crippen LogP contribution in [-0.4, -0.2) is 24.5 Å². The van der Waals surface area contributed by atoms with E-state index in [1.165, 1.54) is 0 Å². The highest BCUT2D eigenvalue weighted by atomic mass is 35.7. The van der Waals surface area contributed by atoms with Crippen molar-refractivity contribution in [2.75, 3.05) is 0 Å². The highest BCUT2D eigenvalue weighted by Crippen LogP contribution is 2.15. The van der Waals surface area contributed by atoms with Crippen molar-refractivity contribution in [1.82, 2.24) is 4.98 Å². The van der Waals surface area contributed by atoms with Crippen LogP contribution in [0.5, 0.6) is 0 Å². The van der Waals surface area contributed by atoms with Crippen LogP contribution in [0.25, 0.3) is 0 Å². The Kier molecular flexibility index (Phi) is 2.12. The van der Waals surface area contributed by atoms with E-state index in [0.29, 0.717) is 0 Å². The second kappa shape index (κ2) is 2.80. The number of aromatic nitrogens is 1. The fourth-order valence-electron chi connectivity index (χ4n) is 0.639. The molecule has 0 atom stereocenters. The van der Waals surface area contributed by atoms with Gasteiger partial charge in [0.1, 0.15) is 10.6 Å². The average molecular weight is 210 g/mol. The lowest BCUT2D eigenvalue weighted by Crippen LogP contribution is -1.95. The lowest BCUT2D eigenvalue weighted by molar-refractivity contribution is 0.0691. The van der Waals surface area contributed by atoms with Gasteiger partial charge in [0.2, 0.25) is 0 Å². The predicted molar refractivity (Wildman–Crippen MR) is 40.8 cm³/mol. The Morgan fingerprint density at radius 1 is 1.58 bits per heavy atom. The Bertz CT molecular complexity index is 407. The molecule has 0 unspecified atom stereocenters. The SMILES string of the molecule is O=C(O)c1cc(S(=O)(=O)Cl)c[nH]1. The van der Waals surface area contributed by atoms with Crippen LogP contribution in [0.4, 0.5) is 0 Å². The van der Waals surface area contributed by atoms with Gasteiger partial charge in [-0.1, -0.05) is 0 Å². The van der Waals surface area contributed by atoms with E-state index in [1.54, 1.807) is 0 Å². The zero-order valence-corrected chi connectivity index (χ0v) is 7.19. The van der Waals surface area contributed by atoms with E-state index in [4.69, 9.17) is 15.8 Å². The summed E-state index contributed by atoms with van der Waals surface area (Å²) in [5.74, 6) is -1.23. The summed E-state index contributed by atoms with van der Waals surface area (Å²) in [7, 11) is 1.10. The normalized spacial score (nSPS) is 11.4. The lowest BCUT2D eigenvalue weighted by atomic mass is 10.4. The number of hydrogen-bond acceptors (Lipinski definition) is 3. The van der Waals surface area contributed by atoms with Crippen LogP contribution in [0, 0.1) is 0 Å². The molecule has 0 aliphatic heterocycles. The molecule has 66 valence electrons. The van der Waals surface area contributed by atoms with Gasteiger partial charge in [0.15, 0.2) is 0 Å². The number of carboxylic acid groups (broad SMARTS) is 1. The van der Waals surface area contributed by atoms with Crippen LogP contribution in [0.1, 0.15) is 10.5 Å². The van der Waals surface area contributed by atoms with Crippen molar-refractivity contribution < 1.29 is 18.3 Å². The van der Waals surface area contributed by atoms with Crippen LogP contribution in [0.15, 0.2) is 17.2 Å². The van der Waals surface area contributed by atoms with Gasteiger partial charge in [-0.3, -0.25) is 0 Å². The number of carboxylic acids is 1. The maximum absolute atomic E-state index is 10.6. The van der Waals surface area contributed by atoms with Crippen LogP contribution in [0.3, 0.4) is 0 Å². The highest BCUT2D eigenvalue weighted by Gasteiger charge is 2.14. The molecule has 0 amide bonds. The van der Waals surface area contributed by atoms with Gasteiger partial charge in [0.05, 0.1) is 0 Å². The summed E-state index contributed by atoms with van der Waals surface area (Å²) in [6, 6.07) is 0.949. The summed E-state index contributed by atoms with van der Waals surface area (Å²) in [5, 5.41) is 8.39. The Balaban J connectivity index is 3.17. The monoisotopic (exact) mass is 209 g/mol. The average Bonchev–Trinajstić information content (AvgIpc) is 2.30. The molecule has 0 saturated heterocycles. The zero-order valence-electron chi connectivity index (χ0n) is 5.61. The van der Waals surface area contributed by atoms with E-state index in [2.05, 4.69) is 4.98 Å². The Morgan fingerprint density at radius 3 is 2.42 bits per heavy atom. The van der Waals surface area contributed by atoms with Crippen LogP contribution in [0.2, 0.25) is 0 Å². The van der Waals surface area contributed by atoms with Crippen LogP contribution in [-0.2, 0) is 9.05 Å². The molecule has 1 aromatic rings. The number of halogens is 1. The van der Waals surface area contributed by atoms with Crippen molar-refractivity contribution in [3.8, 4) is 0 Å². The third-order valence-corrected chi connectivity index (χ3v) is 2.50. The van der Waals surface area contributed by atoms with Gasteiger partial charge in [0.25, 0.3) is 9.05 Å². The van der Waals surface area contributed by atoms with Gasteiger partial charge in [-0.25, -0.2) is 13.2 Å². The standard InChI is InChI=1S/C5H4ClNO4S/c6-12(10,11)3-1-4(5(8)9)7-2-3/h1-2,7H,(H,8,9). The summed E-state index contributed by atoms with van der Waals surface area (Å²) in [4.78, 5) is 12.3. The van der Waals surface area contributed by atoms with Gasteiger partial charge >= 0.3 is 5.97 Å². The van der Waals surface area contributed by atoms with E-state index < -0.39 is 15.0 Å². The molecule has 7 heteroatoms. The number of carbonyl (C=O) groups is 1. The van der Waals surface area contributed by atoms with E-state index in [0.717, 1.165) is 12.3 Å². The minimum Gasteiger partial charge on any atom is -0.477 e. The summed E-state index contributed by atoms with van der Waals surface area (Å²) in [6.07, 6.45) is 1.02. The molecule has 2 N–H and O–H groups in total. The number of aromatic amines is 1. The molecular formula is C5H4ClNO4S. The Morgan fingerprint density at radius 2 is 2.17 bits per heavy atom. The number of H-pyrrole nitrogens is 1. The molecular weight excluding hydrogens is 206 g/mol. The quantitative estimate of drug-likeness (QED) is 0.700. The van der Waals surface area contributed by atoms with Crippen molar-refractivity contribution in [3.63, 3.8) is 0 Å². The van der Waals surface area contributed by atoms with Gasteiger partial charge in [-0.2, -0.15) is 0 Å². The first-order chi connectivity index (χ1) is 5.41. The van der Waals surface area contributed by atoms with Gasteiger partial charge < -0.3 is 10.1 Å². The smallest absolute Gasteiger partial charge is 0.352 e. The van der Waals surface area contributed by atoms with Crippen molar-refractivity contribution in [3.05, 3.63) is 18.0 Å². The third-order valence-electron chi connectivity index (χ3n) is 1.17. The largest absolute Gasteiger partial charge is 0.477 e. The summed E-state index contributed by atoms with van der Waals surface area (Å²) in [5.41, 5.74) is -0.214. The topological polar surface area (TPSA) is 87.2 Å². The molecule has 0 fully saturated rings. The fraction of sp³-hybridized carbons (Fsp3) is 0. The Labute approximate surface area is 72.4 Å². The van der Waals surface area contributed by atoms with Gasteiger partial charge in [-0.15, -0.1) is 0 Å². The molecule has 0 bridgehead atoms. The van der Waals surface area contributed by atoms with Gasteiger partial charge in [0, 0.05) is 16.9 Å². The van der Waals surface area contributed by atoms with E-state index in [-0.39, 0.29) is 10.6 Å². The third kappa shape index (κ3) is 1.77. The summed E-state index contributed by atoms with van der Waals surface area (Å²) in [6.45, 7) is 0. The summed E-state index contributed by atoms with van der Waals surface area (Å²) < 4.78 is 21.2. The molecule has 0 aromatic carbocycles. The molecule has 0 radical (unpaired) electrons. The van der Waals surface area contributed by atoms with Crippen molar-refractivity contribution in [1.29, 1.82) is 0 Å².